The number of hydrogen-bond donors (Lipinski definition) is 1. The van der Waals surface area contributed by atoms with E-state index in [1.54, 1.807) is 6.92 Å². The number of aromatic carboxylic acids is 1. The molecule has 1 rings (SSSR count). The molecule has 0 atom stereocenters. The van der Waals surface area contributed by atoms with Gasteiger partial charge in [0.2, 0.25) is 0 Å². The van der Waals surface area contributed by atoms with E-state index in [1.807, 2.05) is 0 Å². The third-order valence-electron chi connectivity index (χ3n) is 2.16. The van der Waals surface area contributed by atoms with Crippen molar-refractivity contribution in [1.29, 1.82) is 0 Å². The summed E-state index contributed by atoms with van der Waals surface area (Å²) in [6, 6.07) is 2.32. The molecule has 8 heteroatoms. The maximum atomic E-state index is 11.6. The number of carboxylic acid groups (broad SMARTS) is 1. The van der Waals surface area contributed by atoms with Crippen LogP contribution in [0.2, 0.25) is 5.02 Å². The molecule has 104 valence electrons. The molecular weight excluding hydrogens is 294 g/mol. The minimum atomic E-state index is -3.56. The third kappa shape index (κ3) is 3.68. The highest BCUT2D eigenvalue weighted by Crippen LogP contribution is 2.26. The molecule has 1 aromatic rings. The number of sulfone groups is 1. The van der Waals surface area contributed by atoms with Crippen molar-refractivity contribution in [3.63, 3.8) is 0 Å². The highest BCUT2D eigenvalue weighted by atomic mass is 35.5. The minimum Gasteiger partial charge on any atom is -0.478 e. The van der Waals surface area contributed by atoms with Gasteiger partial charge >= 0.3 is 5.97 Å². The Labute approximate surface area is 115 Å². The summed E-state index contributed by atoms with van der Waals surface area (Å²) in [7, 11) is -3.56. The molecule has 1 aromatic carbocycles. The van der Waals surface area contributed by atoms with Crippen molar-refractivity contribution < 1.29 is 23.2 Å². The van der Waals surface area contributed by atoms with Crippen molar-refractivity contribution in [1.82, 2.24) is 0 Å². The van der Waals surface area contributed by atoms with Crippen molar-refractivity contribution in [3.8, 4) is 0 Å². The van der Waals surface area contributed by atoms with Gasteiger partial charge in [-0.2, -0.15) is 0 Å². The Morgan fingerprint density at radius 1 is 1.53 bits per heavy atom. The van der Waals surface area contributed by atoms with Crippen LogP contribution in [0.4, 0.5) is 0 Å². The van der Waals surface area contributed by atoms with Crippen LogP contribution in [0, 0.1) is 0 Å². The summed E-state index contributed by atoms with van der Waals surface area (Å²) in [5.74, 6) is -1.25. The lowest BCUT2D eigenvalue weighted by molar-refractivity contribution is 0.0697. The van der Waals surface area contributed by atoms with Crippen LogP contribution in [0.3, 0.4) is 0 Å². The van der Waals surface area contributed by atoms with Crippen molar-refractivity contribution in [2.24, 2.45) is 5.16 Å². The number of oxime groups is 1. The Kier molecular flexibility index (Phi) is 4.90. The zero-order valence-electron chi connectivity index (χ0n) is 10.3. The van der Waals surface area contributed by atoms with Crippen LogP contribution in [0.5, 0.6) is 0 Å². The first-order valence-electron chi connectivity index (χ1n) is 5.20. The average molecular weight is 306 g/mol. The van der Waals surface area contributed by atoms with E-state index in [-0.39, 0.29) is 21.0 Å². The maximum absolute atomic E-state index is 11.6. The number of nitrogens with zero attached hydrogens (tertiary/aromatic N) is 1. The van der Waals surface area contributed by atoms with Crippen LogP contribution >= 0.6 is 11.6 Å². The Morgan fingerprint density at radius 2 is 2.16 bits per heavy atom. The fourth-order valence-electron chi connectivity index (χ4n) is 1.35. The van der Waals surface area contributed by atoms with Gasteiger partial charge in [0, 0.05) is 11.8 Å². The molecule has 6 nitrogen and oxygen atoms in total. The largest absolute Gasteiger partial charge is 0.478 e. The Morgan fingerprint density at radius 3 is 2.63 bits per heavy atom. The van der Waals surface area contributed by atoms with Gasteiger partial charge in [-0.3, -0.25) is 0 Å². The van der Waals surface area contributed by atoms with Gasteiger partial charge in [-0.05, 0) is 19.1 Å². The molecule has 19 heavy (non-hydrogen) atoms. The van der Waals surface area contributed by atoms with Gasteiger partial charge in [-0.25, -0.2) is 13.2 Å². The van der Waals surface area contributed by atoms with Crippen LogP contribution in [-0.4, -0.2) is 38.6 Å². The monoisotopic (exact) mass is 305 g/mol. The molecule has 0 aliphatic rings. The maximum Gasteiger partial charge on any atom is 0.337 e. The lowest BCUT2D eigenvalue weighted by atomic mass is 10.1. The van der Waals surface area contributed by atoms with Crippen LogP contribution in [0.25, 0.3) is 0 Å². The first-order valence-corrected chi connectivity index (χ1v) is 7.47. The second-order valence-corrected chi connectivity index (χ2v) is 5.93. The molecule has 0 saturated carbocycles. The number of benzene rings is 1. The van der Waals surface area contributed by atoms with Gasteiger partial charge in [0.15, 0.2) is 9.84 Å². The van der Waals surface area contributed by atoms with Gasteiger partial charge in [-0.15, -0.1) is 0 Å². The summed E-state index contributed by atoms with van der Waals surface area (Å²) >= 11 is 5.90. The zero-order chi connectivity index (χ0) is 14.6. The Balaban J connectivity index is 3.51. The SMILES string of the molecule is CCO/N=C/c1c(S(C)(=O)=O)ccc(C(=O)O)c1Cl. The number of halogens is 1. The van der Waals surface area contributed by atoms with Gasteiger partial charge in [0.25, 0.3) is 0 Å². The molecule has 0 amide bonds. The normalized spacial score (nSPS) is 11.7. The summed E-state index contributed by atoms with van der Waals surface area (Å²) < 4.78 is 23.2. The van der Waals surface area contributed by atoms with Crippen LogP contribution < -0.4 is 0 Å². The van der Waals surface area contributed by atoms with Gasteiger partial charge in [0.1, 0.15) is 6.61 Å². The van der Waals surface area contributed by atoms with E-state index >= 15 is 0 Å². The summed E-state index contributed by atoms with van der Waals surface area (Å²) in [6.07, 6.45) is 2.09. The summed E-state index contributed by atoms with van der Waals surface area (Å²) in [6.45, 7) is 1.99. The number of carbonyl (C=O) groups is 1. The molecule has 0 bridgehead atoms. The Bertz CT molecular complexity index is 624. The number of hydrogen-bond acceptors (Lipinski definition) is 5. The van der Waals surface area contributed by atoms with Gasteiger partial charge in [0.05, 0.1) is 21.7 Å². The van der Waals surface area contributed by atoms with Gasteiger partial charge < -0.3 is 9.94 Å². The smallest absolute Gasteiger partial charge is 0.337 e. The topological polar surface area (TPSA) is 93.0 Å². The molecule has 0 radical (unpaired) electrons. The first kappa shape index (κ1) is 15.5. The minimum absolute atomic E-state index is 0.00230. The summed E-state index contributed by atoms with van der Waals surface area (Å²) in [4.78, 5) is 15.6. The van der Waals surface area contributed by atoms with Crippen molar-refractivity contribution in [3.05, 3.63) is 28.3 Å². The molecule has 1 N–H and O–H groups in total. The predicted octanol–water partition coefficient (Wildman–Crippen LogP) is 1.81. The second kappa shape index (κ2) is 6.03. The lowest BCUT2D eigenvalue weighted by Gasteiger charge is -2.08. The standard InChI is InChI=1S/C11H12ClNO5S/c1-3-18-13-6-8-9(19(2,16)17)5-4-7(10(8)12)11(14)15/h4-6H,3H2,1-2H3,(H,14,15)/b13-6+. The van der Waals surface area contributed by atoms with E-state index in [9.17, 15) is 13.2 Å². The van der Waals surface area contributed by atoms with Gasteiger partial charge in [-0.1, -0.05) is 16.8 Å². The summed E-state index contributed by atoms with van der Waals surface area (Å²) in [5, 5.41) is 12.3. The summed E-state index contributed by atoms with van der Waals surface area (Å²) in [5.41, 5.74) is -0.204. The van der Waals surface area contributed by atoms with E-state index < -0.39 is 15.8 Å². The molecular formula is C11H12ClNO5S. The molecule has 0 aliphatic heterocycles. The first-order chi connectivity index (χ1) is 8.79. The van der Waals surface area contributed by atoms with E-state index in [1.165, 1.54) is 6.07 Å². The van der Waals surface area contributed by atoms with E-state index in [0.29, 0.717) is 6.61 Å². The third-order valence-corrected chi connectivity index (χ3v) is 3.72. The Hall–Kier alpha value is -1.60. The predicted molar refractivity (Wildman–Crippen MR) is 70.7 cm³/mol. The molecule has 0 saturated heterocycles. The highest BCUT2D eigenvalue weighted by Gasteiger charge is 2.20. The second-order valence-electron chi connectivity index (χ2n) is 3.57. The molecule has 0 heterocycles. The van der Waals surface area contributed by atoms with Crippen molar-refractivity contribution >= 4 is 33.6 Å². The average Bonchev–Trinajstić information content (AvgIpc) is 2.29. The van der Waals surface area contributed by atoms with Crippen molar-refractivity contribution in [2.45, 2.75) is 11.8 Å². The molecule has 0 spiro atoms. The quantitative estimate of drug-likeness (QED) is 0.661. The fraction of sp³-hybridized carbons (Fsp3) is 0.273. The van der Waals surface area contributed by atoms with Crippen LogP contribution in [-0.2, 0) is 14.7 Å². The van der Waals surface area contributed by atoms with Crippen LogP contribution in [0.1, 0.15) is 22.8 Å². The van der Waals surface area contributed by atoms with E-state index in [0.717, 1.165) is 18.5 Å². The van der Waals surface area contributed by atoms with E-state index in [2.05, 4.69) is 5.16 Å². The van der Waals surface area contributed by atoms with Crippen LogP contribution in [0.15, 0.2) is 22.2 Å². The molecule has 0 aromatic heterocycles. The molecule has 0 fully saturated rings. The fourth-order valence-corrected chi connectivity index (χ4v) is 2.57. The lowest BCUT2D eigenvalue weighted by Crippen LogP contribution is -2.07. The molecule has 0 aliphatic carbocycles. The molecule has 0 unspecified atom stereocenters. The highest BCUT2D eigenvalue weighted by molar-refractivity contribution is 7.90. The van der Waals surface area contributed by atoms with Crippen molar-refractivity contribution in [2.75, 3.05) is 12.9 Å². The number of rotatable bonds is 5. The zero-order valence-corrected chi connectivity index (χ0v) is 11.8. The van der Waals surface area contributed by atoms with E-state index in [4.69, 9.17) is 21.5 Å². The number of carboxylic acids is 1.